The van der Waals surface area contributed by atoms with Crippen LogP contribution in [0.3, 0.4) is 0 Å². The van der Waals surface area contributed by atoms with Gasteiger partial charge in [0.05, 0.1) is 12.2 Å². The van der Waals surface area contributed by atoms with Gasteiger partial charge in [0.15, 0.2) is 0 Å². The van der Waals surface area contributed by atoms with E-state index >= 15 is 0 Å². The average molecular weight is 141 g/mol. The van der Waals surface area contributed by atoms with Gasteiger partial charge in [-0.05, 0) is 0 Å². The summed E-state index contributed by atoms with van der Waals surface area (Å²) in [6.07, 6.45) is 2.55. The van der Waals surface area contributed by atoms with Crippen molar-refractivity contribution in [3.05, 3.63) is 11.8 Å². The van der Waals surface area contributed by atoms with Crippen molar-refractivity contribution in [3.8, 4) is 0 Å². The lowest BCUT2D eigenvalue weighted by Crippen LogP contribution is -2.05. The van der Waals surface area contributed by atoms with Gasteiger partial charge >= 0.3 is 5.97 Å². The molecule has 0 aromatic rings. The number of rotatable bonds is 1. The van der Waals surface area contributed by atoms with E-state index in [1.54, 1.807) is 6.20 Å². The fourth-order valence-corrected chi connectivity index (χ4v) is 0.877. The predicted molar refractivity (Wildman–Crippen MR) is 37.3 cm³/mol. The van der Waals surface area contributed by atoms with Gasteiger partial charge < -0.3 is 9.64 Å². The summed E-state index contributed by atoms with van der Waals surface area (Å²) in [5.41, 5.74) is 0.769. The molecule has 0 unspecified atom stereocenters. The third kappa shape index (κ3) is 1.50. The molecule has 1 aliphatic rings. The summed E-state index contributed by atoms with van der Waals surface area (Å²) in [5.74, 6) is -0.172. The Morgan fingerprint density at radius 1 is 1.60 bits per heavy atom. The second-order valence-corrected chi connectivity index (χ2v) is 2.50. The lowest BCUT2D eigenvalue weighted by Gasteiger charge is -2.03. The molecule has 1 aliphatic heterocycles. The molecule has 0 aromatic heterocycles. The minimum atomic E-state index is -0.172. The molecule has 1 rings (SSSR count). The van der Waals surface area contributed by atoms with Gasteiger partial charge in [-0.1, -0.05) is 0 Å². The normalized spacial score (nSPS) is 21.4. The molecular weight excluding hydrogens is 130 g/mol. The van der Waals surface area contributed by atoms with Crippen LogP contribution in [-0.2, 0) is 9.53 Å². The molecule has 1 saturated heterocycles. The minimum Gasteiger partial charge on any atom is -0.462 e. The van der Waals surface area contributed by atoms with Crippen LogP contribution < -0.4 is 0 Å². The Labute approximate surface area is 60.3 Å². The van der Waals surface area contributed by atoms with Crippen LogP contribution in [0, 0.1) is 0 Å². The van der Waals surface area contributed by atoms with E-state index in [1.165, 1.54) is 0 Å². The van der Waals surface area contributed by atoms with Gasteiger partial charge in [0.1, 0.15) is 0 Å². The summed E-state index contributed by atoms with van der Waals surface area (Å²) in [7, 11) is 3.78. The lowest BCUT2D eigenvalue weighted by molar-refractivity contribution is -0.135. The standard InChI is InChI=1S/C7H11NO2/c1-8(2)5-6-3-4-10-7(6)9/h5H,3-4H2,1-2H3. The number of ether oxygens (including phenoxy) is 1. The molecule has 0 radical (unpaired) electrons. The summed E-state index contributed by atoms with van der Waals surface area (Å²) in [6, 6.07) is 0. The van der Waals surface area contributed by atoms with Crippen LogP contribution in [0.4, 0.5) is 0 Å². The van der Waals surface area contributed by atoms with Crippen LogP contribution in [-0.4, -0.2) is 31.6 Å². The first-order valence-electron chi connectivity index (χ1n) is 3.24. The van der Waals surface area contributed by atoms with Crippen molar-refractivity contribution in [1.29, 1.82) is 0 Å². The van der Waals surface area contributed by atoms with E-state index in [0.29, 0.717) is 6.61 Å². The molecule has 0 spiro atoms. The number of carbonyl (C=O) groups excluding carboxylic acids is 1. The smallest absolute Gasteiger partial charge is 0.335 e. The van der Waals surface area contributed by atoms with Gasteiger partial charge in [-0.3, -0.25) is 0 Å². The monoisotopic (exact) mass is 141 g/mol. The molecular formula is C7H11NO2. The maximum absolute atomic E-state index is 10.8. The quantitative estimate of drug-likeness (QED) is 0.390. The highest BCUT2D eigenvalue weighted by molar-refractivity contribution is 5.90. The number of hydrogen-bond donors (Lipinski definition) is 0. The third-order valence-electron chi connectivity index (χ3n) is 1.28. The lowest BCUT2D eigenvalue weighted by atomic mass is 10.2. The van der Waals surface area contributed by atoms with E-state index in [1.807, 2.05) is 19.0 Å². The third-order valence-corrected chi connectivity index (χ3v) is 1.28. The van der Waals surface area contributed by atoms with Gasteiger partial charge in [0.2, 0.25) is 0 Å². The van der Waals surface area contributed by atoms with Gasteiger partial charge in [-0.15, -0.1) is 0 Å². The minimum absolute atomic E-state index is 0.172. The molecule has 1 heterocycles. The first-order valence-corrected chi connectivity index (χ1v) is 3.24. The summed E-state index contributed by atoms with van der Waals surface area (Å²) >= 11 is 0. The molecule has 10 heavy (non-hydrogen) atoms. The fourth-order valence-electron chi connectivity index (χ4n) is 0.877. The van der Waals surface area contributed by atoms with Gasteiger partial charge in [-0.25, -0.2) is 4.79 Å². The van der Waals surface area contributed by atoms with Crippen molar-refractivity contribution in [2.75, 3.05) is 20.7 Å². The fraction of sp³-hybridized carbons (Fsp3) is 0.571. The van der Waals surface area contributed by atoms with Crippen LogP contribution in [0.5, 0.6) is 0 Å². The topological polar surface area (TPSA) is 29.5 Å². The van der Waals surface area contributed by atoms with Crippen LogP contribution >= 0.6 is 0 Å². The molecule has 0 saturated carbocycles. The number of esters is 1. The molecule has 1 fully saturated rings. The summed E-state index contributed by atoms with van der Waals surface area (Å²) in [6.45, 7) is 0.540. The molecule has 0 aromatic carbocycles. The van der Waals surface area contributed by atoms with E-state index in [2.05, 4.69) is 0 Å². The first-order chi connectivity index (χ1) is 4.70. The molecule has 0 N–H and O–H groups in total. The van der Waals surface area contributed by atoms with E-state index in [9.17, 15) is 4.79 Å². The Kier molecular flexibility index (Phi) is 1.94. The molecule has 0 amide bonds. The molecule has 3 nitrogen and oxygen atoms in total. The zero-order chi connectivity index (χ0) is 7.56. The Balaban J connectivity index is 2.62. The SMILES string of the molecule is CN(C)C=C1CCOC1=O. The number of hydrogen-bond acceptors (Lipinski definition) is 3. The van der Waals surface area contributed by atoms with Crippen molar-refractivity contribution >= 4 is 5.97 Å². The summed E-state index contributed by atoms with van der Waals surface area (Å²) in [5, 5.41) is 0. The molecule has 0 atom stereocenters. The highest BCUT2D eigenvalue weighted by Gasteiger charge is 2.18. The van der Waals surface area contributed by atoms with Crippen molar-refractivity contribution in [2.24, 2.45) is 0 Å². The Bertz CT molecular complexity index is 172. The van der Waals surface area contributed by atoms with Crippen LogP contribution in [0.25, 0.3) is 0 Å². The van der Waals surface area contributed by atoms with Crippen molar-refractivity contribution < 1.29 is 9.53 Å². The second-order valence-electron chi connectivity index (χ2n) is 2.50. The summed E-state index contributed by atoms with van der Waals surface area (Å²) in [4.78, 5) is 12.6. The van der Waals surface area contributed by atoms with Crippen LogP contribution in [0.1, 0.15) is 6.42 Å². The zero-order valence-corrected chi connectivity index (χ0v) is 6.26. The van der Waals surface area contributed by atoms with E-state index in [-0.39, 0.29) is 5.97 Å². The second kappa shape index (κ2) is 2.73. The average Bonchev–Trinajstić information content (AvgIpc) is 2.15. The van der Waals surface area contributed by atoms with Crippen molar-refractivity contribution in [2.45, 2.75) is 6.42 Å². The van der Waals surface area contributed by atoms with Crippen molar-refractivity contribution in [1.82, 2.24) is 4.90 Å². The Hall–Kier alpha value is -0.990. The number of carbonyl (C=O) groups is 1. The number of nitrogens with zero attached hydrogens (tertiary/aromatic N) is 1. The molecule has 56 valence electrons. The largest absolute Gasteiger partial charge is 0.462 e. The molecule has 3 heteroatoms. The van der Waals surface area contributed by atoms with Gasteiger partial charge in [0.25, 0.3) is 0 Å². The van der Waals surface area contributed by atoms with Crippen LogP contribution in [0.2, 0.25) is 0 Å². The Morgan fingerprint density at radius 3 is 2.70 bits per heavy atom. The van der Waals surface area contributed by atoms with Crippen molar-refractivity contribution in [3.63, 3.8) is 0 Å². The van der Waals surface area contributed by atoms with E-state index < -0.39 is 0 Å². The predicted octanol–water partition coefficient (Wildman–Crippen LogP) is 0.379. The first kappa shape index (κ1) is 7.12. The molecule has 0 aliphatic carbocycles. The maximum Gasteiger partial charge on any atom is 0.335 e. The van der Waals surface area contributed by atoms with Crippen LogP contribution in [0.15, 0.2) is 11.8 Å². The summed E-state index contributed by atoms with van der Waals surface area (Å²) < 4.78 is 4.73. The van der Waals surface area contributed by atoms with E-state index in [0.717, 1.165) is 12.0 Å². The van der Waals surface area contributed by atoms with Gasteiger partial charge in [-0.2, -0.15) is 0 Å². The highest BCUT2D eigenvalue weighted by Crippen LogP contribution is 2.12. The zero-order valence-electron chi connectivity index (χ0n) is 6.26. The Morgan fingerprint density at radius 2 is 2.30 bits per heavy atom. The maximum atomic E-state index is 10.8. The van der Waals surface area contributed by atoms with E-state index in [4.69, 9.17) is 4.74 Å². The van der Waals surface area contributed by atoms with Gasteiger partial charge in [0, 0.05) is 26.7 Å². The highest BCUT2D eigenvalue weighted by atomic mass is 16.5. The molecule has 0 bridgehead atoms. The number of cyclic esters (lactones) is 1.